The Kier molecular flexibility index (Phi) is 37.1. The van der Waals surface area contributed by atoms with Crippen LogP contribution >= 0.6 is 0 Å². The molecule has 0 saturated heterocycles. The summed E-state index contributed by atoms with van der Waals surface area (Å²) in [7, 11) is 0. The maximum Gasteiger partial charge on any atom is 0.308 e. The molecule has 0 aromatic heterocycles. The molecule has 0 radical (unpaired) electrons. The summed E-state index contributed by atoms with van der Waals surface area (Å²) in [5, 5.41) is 9.13. The predicted molar refractivity (Wildman–Crippen MR) is 203 cm³/mol. The van der Waals surface area contributed by atoms with Gasteiger partial charge in [-0.25, -0.2) is 0 Å². The van der Waals surface area contributed by atoms with Crippen molar-refractivity contribution >= 4 is 11.9 Å². The molecule has 0 aromatic carbocycles. The monoisotopic (exact) mass is 700 g/mol. The zero-order valence-electron chi connectivity index (χ0n) is 32.8. The fourth-order valence-electron chi connectivity index (χ4n) is 6.04. The summed E-state index contributed by atoms with van der Waals surface area (Å²) in [4.78, 5) is 27.7. The van der Waals surface area contributed by atoms with Crippen molar-refractivity contribution in [2.75, 3.05) is 65.9 Å². The second-order valence-electron chi connectivity index (χ2n) is 14.0. The van der Waals surface area contributed by atoms with Crippen molar-refractivity contribution in [3.63, 3.8) is 0 Å². The van der Waals surface area contributed by atoms with Crippen molar-refractivity contribution in [2.24, 2.45) is 11.8 Å². The number of aliphatic hydroxyl groups is 1. The summed E-state index contributed by atoms with van der Waals surface area (Å²) in [5.74, 6) is 0.103. The molecule has 292 valence electrons. The van der Waals surface area contributed by atoms with Crippen molar-refractivity contribution in [1.29, 1.82) is 0 Å². The van der Waals surface area contributed by atoms with Crippen LogP contribution in [0.1, 0.15) is 175 Å². The largest absolute Gasteiger partial charge is 0.465 e. The molecule has 2 atom stereocenters. The van der Waals surface area contributed by atoms with E-state index in [-0.39, 0.29) is 30.4 Å². The Balaban J connectivity index is 4.19. The molecule has 0 amide bonds. The fourth-order valence-corrected chi connectivity index (χ4v) is 6.04. The van der Waals surface area contributed by atoms with Crippen LogP contribution in [0.15, 0.2) is 0 Å². The molecule has 0 bridgehead atoms. The molecule has 2 unspecified atom stereocenters. The summed E-state index contributed by atoms with van der Waals surface area (Å²) in [5.41, 5.74) is 0. The standard InChI is InChI=1S/C41H81NO7/c1-5-9-13-16-26-38(24-11-7-3)40(44)48-34-22-20-32-46-36-29-42(28-18-15-19-31-43)30-37-47-33-21-23-35-49-41(45)39(25-12-8-4)27-17-14-10-6-2/h38-39,43H,5-37H2,1-4H3. The number of carbonyl (C=O) groups is 2. The quantitative estimate of drug-likeness (QED) is 0.0501. The van der Waals surface area contributed by atoms with Gasteiger partial charge in [-0.05, 0) is 77.2 Å². The van der Waals surface area contributed by atoms with E-state index in [9.17, 15) is 9.59 Å². The smallest absolute Gasteiger partial charge is 0.308 e. The lowest BCUT2D eigenvalue weighted by Gasteiger charge is -2.22. The number of aliphatic hydroxyl groups excluding tert-OH is 1. The molecule has 8 nitrogen and oxygen atoms in total. The van der Waals surface area contributed by atoms with Crippen molar-refractivity contribution in [3.05, 3.63) is 0 Å². The molecule has 0 spiro atoms. The summed E-state index contributed by atoms with van der Waals surface area (Å²) >= 11 is 0. The van der Waals surface area contributed by atoms with Crippen LogP contribution < -0.4 is 0 Å². The Hall–Kier alpha value is -1.22. The van der Waals surface area contributed by atoms with Crippen molar-refractivity contribution in [1.82, 2.24) is 4.90 Å². The lowest BCUT2D eigenvalue weighted by atomic mass is 9.95. The van der Waals surface area contributed by atoms with E-state index < -0.39 is 0 Å². The van der Waals surface area contributed by atoms with Crippen molar-refractivity contribution in [2.45, 2.75) is 175 Å². The highest BCUT2D eigenvalue weighted by Gasteiger charge is 2.20. The van der Waals surface area contributed by atoms with E-state index in [1.54, 1.807) is 0 Å². The molecular formula is C41H81NO7. The van der Waals surface area contributed by atoms with Crippen molar-refractivity contribution in [3.8, 4) is 0 Å². The molecule has 0 aliphatic carbocycles. The third kappa shape index (κ3) is 31.3. The maximum atomic E-state index is 12.6. The van der Waals surface area contributed by atoms with E-state index >= 15 is 0 Å². The highest BCUT2D eigenvalue weighted by molar-refractivity contribution is 5.72. The molecule has 1 N–H and O–H groups in total. The molecule has 0 saturated carbocycles. The van der Waals surface area contributed by atoms with Crippen LogP contribution in [0.5, 0.6) is 0 Å². The fraction of sp³-hybridized carbons (Fsp3) is 0.951. The second-order valence-corrected chi connectivity index (χ2v) is 14.0. The lowest BCUT2D eigenvalue weighted by Crippen LogP contribution is -2.32. The molecule has 0 aliphatic rings. The Labute approximate surface area is 303 Å². The van der Waals surface area contributed by atoms with E-state index in [0.29, 0.717) is 39.6 Å². The average Bonchev–Trinajstić information content (AvgIpc) is 3.11. The van der Waals surface area contributed by atoms with Crippen LogP contribution in [0.25, 0.3) is 0 Å². The molecule has 0 aromatic rings. The van der Waals surface area contributed by atoms with Crippen LogP contribution in [-0.4, -0.2) is 87.8 Å². The SMILES string of the molecule is CCCCCCC(CCCC)C(=O)OCCCCOCCN(CCCCCO)CCOCCCCOC(=O)C(CCCC)CCCCCC. The van der Waals surface area contributed by atoms with Gasteiger partial charge in [0.1, 0.15) is 0 Å². The third-order valence-corrected chi connectivity index (χ3v) is 9.38. The Morgan fingerprint density at radius 2 is 0.857 bits per heavy atom. The minimum Gasteiger partial charge on any atom is -0.465 e. The van der Waals surface area contributed by atoms with Gasteiger partial charge in [-0.2, -0.15) is 0 Å². The van der Waals surface area contributed by atoms with Gasteiger partial charge in [-0.15, -0.1) is 0 Å². The normalized spacial score (nSPS) is 12.8. The topological polar surface area (TPSA) is 94.5 Å². The van der Waals surface area contributed by atoms with E-state index in [1.807, 2.05) is 0 Å². The summed E-state index contributed by atoms with van der Waals surface area (Å²) < 4.78 is 23.2. The summed E-state index contributed by atoms with van der Waals surface area (Å²) in [6, 6.07) is 0. The average molecular weight is 700 g/mol. The van der Waals surface area contributed by atoms with Gasteiger partial charge in [0, 0.05) is 32.9 Å². The van der Waals surface area contributed by atoms with Gasteiger partial charge >= 0.3 is 11.9 Å². The Bertz CT molecular complexity index is 655. The number of hydrogen-bond donors (Lipinski definition) is 1. The number of rotatable bonds is 39. The van der Waals surface area contributed by atoms with Crippen LogP contribution in [0.2, 0.25) is 0 Å². The summed E-state index contributed by atoms with van der Waals surface area (Å²) in [6.07, 6.45) is 24.1. The van der Waals surface area contributed by atoms with E-state index in [4.69, 9.17) is 24.1 Å². The number of carbonyl (C=O) groups excluding carboxylic acids is 2. The highest BCUT2D eigenvalue weighted by Crippen LogP contribution is 2.20. The van der Waals surface area contributed by atoms with Crippen LogP contribution in [0.4, 0.5) is 0 Å². The predicted octanol–water partition coefficient (Wildman–Crippen LogP) is 9.68. The van der Waals surface area contributed by atoms with E-state index in [2.05, 4.69) is 32.6 Å². The van der Waals surface area contributed by atoms with Gasteiger partial charge in [0.15, 0.2) is 0 Å². The molecule has 0 aliphatic heterocycles. The second kappa shape index (κ2) is 38.0. The molecule has 0 rings (SSSR count). The van der Waals surface area contributed by atoms with Gasteiger partial charge in [0.2, 0.25) is 0 Å². The zero-order valence-corrected chi connectivity index (χ0v) is 32.8. The number of hydrogen-bond acceptors (Lipinski definition) is 8. The Morgan fingerprint density at radius 1 is 0.449 bits per heavy atom. The maximum absolute atomic E-state index is 12.6. The van der Waals surface area contributed by atoms with Gasteiger partial charge in [-0.3, -0.25) is 14.5 Å². The minimum atomic E-state index is -0.00666. The van der Waals surface area contributed by atoms with E-state index in [0.717, 1.165) is 129 Å². The van der Waals surface area contributed by atoms with Gasteiger partial charge < -0.3 is 24.1 Å². The van der Waals surface area contributed by atoms with Crippen molar-refractivity contribution < 1.29 is 33.6 Å². The minimum absolute atomic E-state index is 0.00666. The van der Waals surface area contributed by atoms with Crippen LogP contribution in [0.3, 0.4) is 0 Å². The number of ether oxygens (including phenoxy) is 4. The van der Waals surface area contributed by atoms with Gasteiger partial charge in [0.25, 0.3) is 0 Å². The van der Waals surface area contributed by atoms with Gasteiger partial charge in [-0.1, -0.05) is 105 Å². The third-order valence-electron chi connectivity index (χ3n) is 9.38. The van der Waals surface area contributed by atoms with Crippen LogP contribution in [0, 0.1) is 11.8 Å². The molecule has 8 heteroatoms. The number of unbranched alkanes of at least 4 members (excludes halogenated alkanes) is 12. The molecule has 49 heavy (non-hydrogen) atoms. The zero-order chi connectivity index (χ0) is 36.0. The van der Waals surface area contributed by atoms with E-state index in [1.165, 1.54) is 38.5 Å². The first-order valence-corrected chi connectivity index (χ1v) is 20.9. The van der Waals surface area contributed by atoms with Crippen LogP contribution in [-0.2, 0) is 28.5 Å². The first kappa shape index (κ1) is 47.8. The lowest BCUT2D eigenvalue weighted by molar-refractivity contribution is -0.150. The molecular weight excluding hydrogens is 618 g/mol. The first-order valence-electron chi connectivity index (χ1n) is 20.9. The number of nitrogens with zero attached hydrogens (tertiary/aromatic N) is 1. The first-order chi connectivity index (χ1) is 24.0. The highest BCUT2D eigenvalue weighted by atomic mass is 16.5. The van der Waals surface area contributed by atoms with Gasteiger partial charge in [0.05, 0.1) is 38.3 Å². The number of esters is 2. The Morgan fingerprint density at radius 3 is 1.29 bits per heavy atom. The molecule has 0 fully saturated rings. The molecule has 0 heterocycles. The summed E-state index contributed by atoms with van der Waals surface area (Å²) in [6.45, 7) is 15.3.